The molecule has 0 saturated heterocycles. The first kappa shape index (κ1) is 15.0. The molecule has 2 aromatic carbocycles. The van der Waals surface area contributed by atoms with Crippen LogP contribution in [0, 0.1) is 0 Å². The lowest BCUT2D eigenvalue weighted by molar-refractivity contribution is -0.112. The minimum Gasteiger partial charge on any atom is -0.403 e. The fourth-order valence-electron chi connectivity index (χ4n) is 1.90. The number of halogens is 1. The molecule has 0 unspecified atom stereocenters. The number of hydrogen-bond acceptors (Lipinski definition) is 4. The molecule has 1 N–H and O–H groups in total. The highest BCUT2D eigenvalue weighted by Gasteiger charge is 2.10. The van der Waals surface area contributed by atoms with E-state index in [1.54, 1.807) is 30.3 Å². The molecule has 5 nitrogen and oxygen atoms in total. The number of carbonyl (C=O) groups is 1. The third kappa shape index (κ3) is 4.05. The summed E-state index contributed by atoms with van der Waals surface area (Å²) in [7, 11) is 0. The zero-order valence-corrected chi connectivity index (χ0v) is 12.7. The van der Waals surface area contributed by atoms with E-state index in [1.807, 2.05) is 30.3 Å². The molecule has 0 spiro atoms. The predicted molar refractivity (Wildman–Crippen MR) is 88.8 cm³/mol. The number of carbonyl (C=O) groups excluding carboxylic acids is 1. The first-order chi connectivity index (χ1) is 11.2. The molecule has 0 aliphatic heterocycles. The van der Waals surface area contributed by atoms with Crippen molar-refractivity contribution in [2.24, 2.45) is 0 Å². The first-order valence-corrected chi connectivity index (χ1v) is 7.22. The van der Waals surface area contributed by atoms with E-state index in [1.165, 1.54) is 6.08 Å². The van der Waals surface area contributed by atoms with Crippen molar-refractivity contribution in [1.82, 2.24) is 10.2 Å². The molecule has 3 rings (SSSR count). The average molecular weight is 326 g/mol. The van der Waals surface area contributed by atoms with E-state index in [-0.39, 0.29) is 17.8 Å². The van der Waals surface area contributed by atoms with Gasteiger partial charge in [-0.25, -0.2) is 0 Å². The topological polar surface area (TPSA) is 68.0 Å². The van der Waals surface area contributed by atoms with Gasteiger partial charge in [-0.15, -0.1) is 5.10 Å². The Hall–Kier alpha value is -2.92. The van der Waals surface area contributed by atoms with Crippen molar-refractivity contribution in [1.29, 1.82) is 0 Å². The quantitative estimate of drug-likeness (QED) is 0.735. The molecule has 3 aromatic rings. The summed E-state index contributed by atoms with van der Waals surface area (Å²) in [5.41, 5.74) is 1.61. The molecule has 0 saturated carbocycles. The van der Waals surface area contributed by atoms with Crippen molar-refractivity contribution in [3.63, 3.8) is 0 Å². The van der Waals surface area contributed by atoms with E-state index in [4.69, 9.17) is 16.0 Å². The maximum Gasteiger partial charge on any atom is 0.322 e. The lowest BCUT2D eigenvalue weighted by atomic mass is 10.2. The van der Waals surface area contributed by atoms with E-state index in [2.05, 4.69) is 15.5 Å². The fourth-order valence-corrected chi connectivity index (χ4v) is 2.09. The van der Waals surface area contributed by atoms with E-state index >= 15 is 0 Å². The number of amides is 1. The van der Waals surface area contributed by atoms with Crippen LogP contribution in [-0.4, -0.2) is 16.1 Å². The van der Waals surface area contributed by atoms with Gasteiger partial charge in [0.05, 0.1) is 0 Å². The fraction of sp³-hybridized carbons (Fsp3) is 0. The Morgan fingerprint density at radius 2 is 1.91 bits per heavy atom. The number of aromatic nitrogens is 2. The largest absolute Gasteiger partial charge is 0.403 e. The molecule has 0 bridgehead atoms. The molecule has 0 fully saturated rings. The summed E-state index contributed by atoms with van der Waals surface area (Å²) in [4.78, 5) is 11.8. The monoisotopic (exact) mass is 325 g/mol. The number of nitrogens with zero attached hydrogens (tertiary/aromatic N) is 2. The summed E-state index contributed by atoms with van der Waals surface area (Å²) >= 11 is 5.92. The van der Waals surface area contributed by atoms with Crippen molar-refractivity contribution >= 4 is 29.6 Å². The highest BCUT2D eigenvalue weighted by atomic mass is 35.5. The molecule has 1 amide bonds. The third-order valence-corrected chi connectivity index (χ3v) is 3.19. The molecule has 23 heavy (non-hydrogen) atoms. The van der Waals surface area contributed by atoms with E-state index in [9.17, 15) is 4.79 Å². The van der Waals surface area contributed by atoms with Crippen LogP contribution >= 0.6 is 11.6 Å². The Bertz CT molecular complexity index is 844. The van der Waals surface area contributed by atoms with Crippen LogP contribution in [0.3, 0.4) is 0 Å². The van der Waals surface area contributed by atoms with Gasteiger partial charge in [0, 0.05) is 16.7 Å². The van der Waals surface area contributed by atoms with Crippen molar-refractivity contribution < 1.29 is 9.21 Å². The van der Waals surface area contributed by atoms with Gasteiger partial charge >= 0.3 is 6.01 Å². The summed E-state index contributed by atoms with van der Waals surface area (Å²) in [5, 5.41) is 10.8. The summed E-state index contributed by atoms with van der Waals surface area (Å²) in [5.74, 6) is -0.0648. The van der Waals surface area contributed by atoms with Crippen molar-refractivity contribution in [3.05, 3.63) is 71.3 Å². The van der Waals surface area contributed by atoms with Crippen LogP contribution in [0.5, 0.6) is 0 Å². The maximum absolute atomic E-state index is 11.8. The number of hydrogen-bond donors (Lipinski definition) is 1. The molecule has 0 aliphatic rings. The van der Waals surface area contributed by atoms with Crippen LogP contribution < -0.4 is 5.32 Å². The third-order valence-electron chi connectivity index (χ3n) is 2.95. The van der Waals surface area contributed by atoms with Crippen molar-refractivity contribution in [2.75, 3.05) is 5.32 Å². The number of rotatable bonds is 4. The normalized spacial score (nSPS) is 10.8. The van der Waals surface area contributed by atoms with E-state index in [0.717, 1.165) is 5.56 Å². The summed E-state index contributed by atoms with van der Waals surface area (Å²) < 4.78 is 5.40. The molecule has 114 valence electrons. The lowest BCUT2D eigenvalue weighted by Gasteiger charge is -1.96. The molecule has 1 heterocycles. The van der Waals surface area contributed by atoms with Crippen molar-refractivity contribution in [2.45, 2.75) is 0 Å². The minimum absolute atomic E-state index is 0.0303. The molecule has 0 aliphatic carbocycles. The number of benzene rings is 2. The smallest absolute Gasteiger partial charge is 0.322 e. The predicted octanol–water partition coefficient (Wildman–Crippen LogP) is 4.04. The van der Waals surface area contributed by atoms with Crippen LogP contribution in [0.1, 0.15) is 5.56 Å². The van der Waals surface area contributed by atoms with Gasteiger partial charge in [0.1, 0.15) is 0 Å². The van der Waals surface area contributed by atoms with E-state index in [0.29, 0.717) is 10.6 Å². The molecular weight excluding hydrogens is 314 g/mol. The summed E-state index contributed by atoms with van der Waals surface area (Å²) in [6.45, 7) is 0. The number of nitrogens with one attached hydrogen (secondary N) is 1. The van der Waals surface area contributed by atoms with Gasteiger partial charge in [-0.3, -0.25) is 10.1 Å². The molecule has 1 aromatic heterocycles. The van der Waals surface area contributed by atoms with Gasteiger partial charge < -0.3 is 4.42 Å². The lowest BCUT2D eigenvalue weighted by Crippen LogP contribution is -2.07. The van der Waals surface area contributed by atoms with Gasteiger partial charge in [-0.1, -0.05) is 53.1 Å². The second-order valence-corrected chi connectivity index (χ2v) is 5.09. The second-order valence-electron chi connectivity index (χ2n) is 4.66. The van der Waals surface area contributed by atoms with Crippen LogP contribution in [0.15, 0.2) is 65.1 Å². The summed E-state index contributed by atoms with van der Waals surface area (Å²) in [6.07, 6.45) is 3.10. The van der Waals surface area contributed by atoms with Crippen LogP contribution in [-0.2, 0) is 4.79 Å². The van der Waals surface area contributed by atoms with Crippen molar-refractivity contribution in [3.8, 4) is 11.5 Å². The molecule has 0 atom stereocenters. The van der Waals surface area contributed by atoms with Gasteiger partial charge in [0.2, 0.25) is 5.89 Å². The minimum atomic E-state index is -0.352. The van der Waals surface area contributed by atoms with Gasteiger partial charge in [-0.2, -0.15) is 0 Å². The Morgan fingerprint density at radius 1 is 1.09 bits per heavy atom. The van der Waals surface area contributed by atoms with Gasteiger partial charge in [0.25, 0.3) is 5.91 Å². The van der Waals surface area contributed by atoms with Gasteiger partial charge in [-0.05, 0) is 29.8 Å². The Morgan fingerprint density at radius 3 is 2.70 bits per heavy atom. The van der Waals surface area contributed by atoms with Crippen LogP contribution in [0.25, 0.3) is 17.5 Å². The maximum atomic E-state index is 11.8. The Balaban J connectivity index is 1.67. The SMILES string of the molecule is O=C(/C=C/c1ccccc1)Nc1nnc(-c2cccc(Cl)c2)o1. The highest BCUT2D eigenvalue weighted by molar-refractivity contribution is 6.30. The van der Waals surface area contributed by atoms with Crippen LogP contribution in [0.4, 0.5) is 6.01 Å². The average Bonchev–Trinajstić information content (AvgIpc) is 3.02. The Kier molecular flexibility index (Phi) is 4.49. The number of anilines is 1. The summed E-state index contributed by atoms with van der Waals surface area (Å²) in [6, 6.07) is 16.5. The van der Waals surface area contributed by atoms with Crippen LogP contribution in [0.2, 0.25) is 5.02 Å². The molecular formula is C17H12ClN3O2. The first-order valence-electron chi connectivity index (χ1n) is 6.84. The van der Waals surface area contributed by atoms with Gasteiger partial charge in [0.15, 0.2) is 0 Å². The Labute approximate surface area is 137 Å². The molecule has 6 heteroatoms. The zero-order valence-electron chi connectivity index (χ0n) is 11.9. The highest BCUT2D eigenvalue weighted by Crippen LogP contribution is 2.22. The zero-order chi connectivity index (χ0) is 16.1. The second kappa shape index (κ2) is 6.89. The molecule has 0 radical (unpaired) electrons. The van der Waals surface area contributed by atoms with E-state index < -0.39 is 0 Å². The standard InChI is InChI=1S/C17H12ClN3O2/c18-14-8-4-7-13(11-14)16-20-21-17(23-16)19-15(22)10-9-12-5-2-1-3-6-12/h1-11H,(H,19,21,22)/b10-9+.